The van der Waals surface area contributed by atoms with Gasteiger partial charge in [0, 0.05) is 19.3 Å². The average Bonchev–Trinajstić information content (AvgIpc) is 2.85. The average molecular weight is 277 g/mol. The highest BCUT2D eigenvalue weighted by molar-refractivity contribution is 6.01. The van der Waals surface area contributed by atoms with Crippen LogP contribution in [0.3, 0.4) is 0 Å². The van der Waals surface area contributed by atoms with Crippen molar-refractivity contribution in [2.24, 2.45) is 5.16 Å². The molecule has 1 aromatic rings. The fourth-order valence-electron chi connectivity index (χ4n) is 1.96. The Morgan fingerprint density at radius 2 is 1.95 bits per heavy atom. The maximum Gasteiger partial charge on any atom is 0.303 e. The molecule has 0 fully saturated rings. The van der Waals surface area contributed by atoms with Crippen molar-refractivity contribution in [1.29, 1.82) is 0 Å². The molecule has 1 heterocycles. The number of ketones is 1. The largest absolute Gasteiger partial charge is 0.508 e. The van der Waals surface area contributed by atoms with Gasteiger partial charge >= 0.3 is 5.97 Å². The van der Waals surface area contributed by atoms with Crippen molar-refractivity contribution in [3.05, 3.63) is 29.8 Å². The Labute approximate surface area is 115 Å². The lowest BCUT2D eigenvalue weighted by atomic mass is 10.0. The van der Waals surface area contributed by atoms with E-state index in [9.17, 15) is 14.7 Å². The Bertz CT molecular complexity index is 535. The maximum absolute atomic E-state index is 11.6. The molecule has 1 aliphatic rings. The number of carbonyl (C=O) groups is 2. The first kappa shape index (κ1) is 14.0. The molecule has 0 saturated heterocycles. The van der Waals surface area contributed by atoms with Crippen molar-refractivity contribution in [3.63, 3.8) is 0 Å². The monoisotopic (exact) mass is 277 g/mol. The summed E-state index contributed by atoms with van der Waals surface area (Å²) in [5.41, 5.74) is 1.56. The minimum absolute atomic E-state index is 0.0176. The molecule has 0 aliphatic carbocycles. The number of phenolic OH excluding ortho intramolecular Hbond substituents is 1. The Hall–Kier alpha value is -2.37. The normalized spacial score (nSPS) is 17.4. The third kappa shape index (κ3) is 3.81. The van der Waals surface area contributed by atoms with Gasteiger partial charge in [0.25, 0.3) is 0 Å². The third-order valence-electron chi connectivity index (χ3n) is 3.01. The van der Waals surface area contributed by atoms with Gasteiger partial charge in [-0.05, 0) is 29.8 Å². The van der Waals surface area contributed by atoms with E-state index in [0.29, 0.717) is 6.42 Å². The van der Waals surface area contributed by atoms with Crippen LogP contribution in [0.4, 0.5) is 0 Å². The lowest BCUT2D eigenvalue weighted by Crippen LogP contribution is -2.15. The SMILES string of the molecule is O=C(O)CCC(=O)CC1CC(c2ccc(O)cc2)=NO1. The molecule has 20 heavy (non-hydrogen) atoms. The van der Waals surface area contributed by atoms with E-state index in [-0.39, 0.29) is 36.9 Å². The zero-order valence-corrected chi connectivity index (χ0v) is 10.8. The predicted octanol–water partition coefficient (Wildman–Crippen LogP) is 1.71. The van der Waals surface area contributed by atoms with Crippen molar-refractivity contribution in [3.8, 4) is 5.75 Å². The van der Waals surface area contributed by atoms with Crippen LogP contribution in [0.2, 0.25) is 0 Å². The molecule has 1 aliphatic heterocycles. The molecule has 1 aromatic carbocycles. The first-order valence-corrected chi connectivity index (χ1v) is 6.30. The molecule has 2 N–H and O–H groups in total. The summed E-state index contributed by atoms with van der Waals surface area (Å²) in [6, 6.07) is 6.57. The maximum atomic E-state index is 11.6. The summed E-state index contributed by atoms with van der Waals surface area (Å²) in [5, 5.41) is 21.7. The predicted molar refractivity (Wildman–Crippen MR) is 70.6 cm³/mol. The second kappa shape index (κ2) is 6.18. The Balaban J connectivity index is 1.84. The van der Waals surface area contributed by atoms with Gasteiger partial charge in [-0.15, -0.1) is 0 Å². The van der Waals surface area contributed by atoms with Gasteiger partial charge in [-0.3, -0.25) is 9.59 Å². The molecule has 0 amide bonds. The molecule has 2 rings (SSSR count). The summed E-state index contributed by atoms with van der Waals surface area (Å²) < 4.78 is 0. The molecule has 1 atom stereocenters. The van der Waals surface area contributed by atoms with E-state index in [1.165, 1.54) is 0 Å². The highest BCUT2D eigenvalue weighted by Crippen LogP contribution is 2.21. The van der Waals surface area contributed by atoms with Crippen LogP contribution in [0.25, 0.3) is 0 Å². The fraction of sp³-hybridized carbons (Fsp3) is 0.357. The molecule has 0 radical (unpaired) electrons. The highest BCUT2D eigenvalue weighted by Gasteiger charge is 2.24. The van der Waals surface area contributed by atoms with Gasteiger partial charge in [-0.25, -0.2) is 0 Å². The Morgan fingerprint density at radius 3 is 2.60 bits per heavy atom. The van der Waals surface area contributed by atoms with Crippen LogP contribution in [-0.2, 0) is 14.4 Å². The quantitative estimate of drug-likeness (QED) is 0.825. The van der Waals surface area contributed by atoms with E-state index in [0.717, 1.165) is 11.3 Å². The number of aliphatic carboxylic acids is 1. The summed E-state index contributed by atoms with van der Waals surface area (Å²) in [5.74, 6) is -0.944. The summed E-state index contributed by atoms with van der Waals surface area (Å²) in [4.78, 5) is 27.1. The number of benzene rings is 1. The van der Waals surface area contributed by atoms with Gasteiger partial charge in [0.15, 0.2) is 0 Å². The molecule has 0 aromatic heterocycles. The molecule has 0 saturated carbocycles. The topological polar surface area (TPSA) is 96.2 Å². The van der Waals surface area contributed by atoms with Gasteiger partial charge in [0.05, 0.1) is 12.1 Å². The Kier molecular flexibility index (Phi) is 4.34. The molecule has 106 valence electrons. The first-order valence-electron chi connectivity index (χ1n) is 6.30. The van der Waals surface area contributed by atoms with Crippen LogP contribution >= 0.6 is 0 Å². The molecule has 6 nitrogen and oxygen atoms in total. The molecule has 1 unspecified atom stereocenters. The number of carbonyl (C=O) groups excluding carboxylic acids is 1. The lowest BCUT2D eigenvalue weighted by molar-refractivity contribution is -0.138. The van der Waals surface area contributed by atoms with Crippen molar-refractivity contribution in [2.75, 3.05) is 0 Å². The lowest BCUT2D eigenvalue weighted by Gasteiger charge is -2.06. The summed E-state index contributed by atoms with van der Waals surface area (Å²) in [6.07, 6.45) is 0.197. The van der Waals surface area contributed by atoms with Crippen LogP contribution < -0.4 is 0 Å². The van der Waals surface area contributed by atoms with Crippen molar-refractivity contribution in [1.82, 2.24) is 0 Å². The number of rotatable bonds is 6. The fourth-order valence-corrected chi connectivity index (χ4v) is 1.96. The van der Waals surface area contributed by atoms with E-state index < -0.39 is 5.97 Å². The standard InChI is InChI=1S/C14H15NO5/c16-10-3-1-9(2-4-10)13-8-12(20-15-13)7-11(17)5-6-14(18)19/h1-4,12,16H,5-8H2,(H,18,19). The molecule has 0 spiro atoms. The summed E-state index contributed by atoms with van der Waals surface area (Å²) in [7, 11) is 0. The number of Topliss-reactive ketones (excluding diaryl/α,β-unsaturated/α-hetero) is 1. The van der Waals surface area contributed by atoms with Crippen molar-refractivity contribution < 1.29 is 24.6 Å². The van der Waals surface area contributed by atoms with E-state index in [2.05, 4.69) is 5.16 Å². The van der Waals surface area contributed by atoms with Gasteiger partial charge in [-0.1, -0.05) is 5.16 Å². The number of carboxylic acids is 1. The van der Waals surface area contributed by atoms with Crippen LogP contribution in [0.5, 0.6) is 5.75 Å². The Morgan fingerprint density at radius 1 is 1.25 bits per heavy atom. The summed E-state index contributed by atoms with van der Waals surface area (Å²) >= 11 is 0. The number of aromatic hydroxyl groups is 1. The molecule has 0 bridgehead atoms. The number of oxime groups is 1. The zero-order chi connectivity index (χ0) is 14.5. The second-order valence-corrected chi connectivity index (χ2v) is 4.65. The zero-order valence-electron chi connectivity index (χ0n) is 10.8. The minimum Gasteiger partial charge on any atom is -0.508 e. The van der Waals surface area contributed by atoms with Crippen molar-refractivity contribution >= 4 is 17.5 Å². The van der Waals surface area contributed by atoms with Crippen molar-refractivity contribution in [2.45, 2.75) is 31.8 Å². The minimum atomic E-state index is -0.980. The second-order valence-electron chi connectivity index (χ2n) is 4.65. The number of carboxylic acid groups (broad SMARTS) is 1. The molecular weight excluding hydrogens is 262 g/mol. The number of nitrogens with zero attached hydrogens (tertiary/aromatic N) is 1. The van der Waals surface area contributed by atoms with Crippen LogP contribution in [0.15, 0.2) is 29.4 Å². The summed E-state index contributed by atoms with van der Waals surface area (Å²) in [6.45, 7) is 0. The first-order chi connectivity index (χ1) is 9.54. The van der Waals surface area contributed by atoms with Gasteiger partial charge < -0.3 is 15.1 Å². The molecular formula is C14H15NO5. The van der Waals surface area contributed by atoms with Gasteiger partial charge in [-0.2, -0.15) is 0 Å². The van der Waals surface area contributed by atoms with Crippen LogP contribution in [0, 0.1) is 0 Å². The van der Waals surface area contributed by atoms with Gasteiger partial charge in [0.2, 0.25) is 0 Å². The van der Waals surface area contributed by atoms with E-state index in [1.807, 2.05) is 0 Å². The van der Waals surface area contributed by atoms with Crippen LogP contribution in [-0.4, -0.2) is 33.8 Å². The number of phenols is 1. The number of hydrogen-bond donors (Lipinski definition) is 2. The smallest absolute Gasteiger partial charge is 0.303 e. The van der Waals surface area contributed by atoms with Crippen LogP contribution in [0.1, 0.15) is 31.2 Å². The molecule has 6 heteroatoms. The third-order valence-corrected chi connectivity index (χ3v) is 3.01. The highest BCUT2D eigenvalue weighted by atomic mass is 16.6. The van der Waals surface area contributed by atoms with E-state index in [1.54, 1.807) is 24.3 Å². The number of hydrogen-bond acceptors (Lipinski definition) is 5. The van der Waals surface area contributed by atoms with E-state index >= 15 is 0 Å². The van der Waals surface area contributed by atoms with E-state index in [4.69, 9.17) is 9.94 Å². The van der Waals surface area contributed by atoms with Gasteiger partial charge in [0.1, 0.15) is 17.6 Å².